The van der Waals surface area contributed by atoms with Crippen molar-refractivity contribution in [3.63, 3.8) is 0 Å². The van der Waals surface area contributed by atoms with E-state index in [4.69, 9.17) is 9.72 Å². The summed E-state index contributed by atoms with van der Waals surface area (Å²) in [5, 5.41) is 3.93. The van der Waals surface area contributed by atoms with Crippen molar-refractivity contribution in [3.05, 3.63) is 59.7 Å². The first-order valence-corrected chi connectivity index (χ1v) is 9.75. The average Bonchev–Trinajstić information content (AvgIpc) is 3.23. The minimum atomic E-state index is -0.181. The van der Waals surface area contributed by atoms with E-state index < -0.39 is 0 Å². The van der Waals surface area contributed by atoms with Gasteiger partial charge in [0.2, 0.25) is 0 Å². The number of carbonyl (C=O) groups is 1. The first kappa shape index (κ1) is 18.3. The normalized spacial score (nSPS) is 13.7. The Hall–Kier alpha value is -3.08. The molecule has 2 heterocycles. The van der Waals surface area contributed by atoms with Crippen molar-refractivity contribution in [1.82, 2.24) is 4.98 Å². The number of benzene rings is 2. The number of carbonyl (C=O) groups excluding carboxylic acids is 1. The van der Waals surface area contributed by atoms with Crippen molar-refractivity contribution >= 4 is 28.3 Å². The number of fused-ring (bicyclic) bond motifs is 1. The molecule has 5 heteroatoms. The molecule has 0 bridgehead atoms. The number of aromatic nitrogens is 1. The van der Waals surface area contributed by atoms with E-state index in [9.17, 15) is 4.79 Å². The van der Waals surface area contributed by atoms with Crippen LogP contribution in [0.4, 0.5) is 11.5 Å². The van der Waals surface area contributed by atoms with E-state index in [0.717, 1.165) is 41.1 Å². The molecular weight excluding hydrogens is 350 g/mol. The van der Waals surface area contributed by atoms with E-state index in [1.807, 2.05) is 50.2 Å². The summed E-state index contributed by atoms with van der Waals surface area (Å²) >= 11 is 0. The van der Waals surface area contributed by atoms with E-state index >= 15 is 0 Å². The van der Waals surface area contributed by atoms with Gasteiger partial charge < -0.3 is 15.0 Å². The molecule has 1 fully saturated rings. The number of pyridine rings is 1. The van der Waals surface area contributed by atoms with Crippen molar-refractivity contribution in [2.24, 2.45) is 0 Å². The van der Waals surface area contributed by atoms with Gasteiger partial charge in [0, 0.05) is 24.2 Å². The first-order valence-electron chi connectivity index (χ1n) is 9.75. The van der Waals surface area contributed by atoms with Crippen molar-refractivity contribution in [2.45, 2.75) is 26.7 Å². The second-order valence-corrected chi connectivity index (χ2v) is 7.35. The number of nitrogens with one attached hydrogen (secondary N) is 1. The molecule has 1 N–H and O–H groups in total. The summed E-state index contributed by atoms with van der Waals surface area (Å²) in [6.45, 7) is 6.05. The Morgan fingerprint density at radius 2 is 1.93 bits per heavy atom. The first-order chi connectivity index (χ1) is 13.6. The molecule has 0 spiro atoms. The number of anilines is 2. The zero-order valence-corrected chi connectivity index (χ0v) is 16.4. The Labute approximate surface area is 165 Å². The molecule has 1 aromatic heterocycles. The maximum absolute atomic E-state index is 12.4. The van der Waals surface area contributed by atoms with Gasteiger partial charge in [-0.05, 0) is 56.5 Å². The minimum Gasteiger partial charge on any atom is -0.481 e. The predicted octanol–water partition coefficient (Wildman–Crippen LogP) is 4.47. The topological polar surface area (TPSA) is 54.5 Å². The maximum atomic E-state index is 12.4. The highest BCUT2D eigenvalue weighted by molar-refractivity contribution is 5.93. The molecule has 3 aromatic rings. The second kappa shape index (κ2) is 7.89. The van der Waals surface area contributed by atoms with Crippen LogP contribution in [-0.4, -0.2) is 30.6 Å². The zero-order valence-electron chi connectivity index (χ0n) is 16.4. The van der Waals surface area contributed by atoms with Gasteiger partial charge in [-0.15, -0.1) is 0 Å². The number of hydrogen-bond donors (Lipinski definition) is 1. The highest BCUT2D eigenvalue weighted by atomic mass is 16.5. The number of hydrogen-bond acceptors (Lipinski definition) is 4. The molecule has 0 unspecified atom stereocenters. The molecule has 144 valence electrons. The second-order valence-electron chi connectivity index (χ2n) is 7.35. The van der Waals surface area contributed by atoms with E-state index in [2.05, 4.69) is 22.3 Å². The van der Waals surface area contributed by atoms with Crippen LogP contribution in [0.5, 0.6) is 5.75 Å². The highest BCUT2D eigenvalue weighted by Gasteiger charge is 2.15. The number of amides is 1. The van der Waals surface area contributed by atoms with Crippen LogP contribution in [-0.2, 0) is 4.79 Å². The molecule has 1 saturated heterocycles. The van der Waals surface area contributed by atoms with Crippen LogP contribution in [0.25, 0.3) is 10.9 Å². The van der Waals surface area contributed by atoms with E-state index in [-0.39, 0.29) is 12.5 Å². The van der Waals surface area contributed by atoms with Crippen LogP contribution in [0, 0.1) is 13.8 Å². The Morgan fingerprint density at radius 1 is 1.11 bits per heavy atom. The van der Waals surface area contributed by atoms with Crippen LogP contribution >= 0.6 is 0 Å². The minimum absolute atomic E-state index is 0.0535. The number of para-hydroxylation sites is 1. The SMILES string of the molecule is Cc1ccc(NC(=O)COc2cccc3ccc(N4CCCC4)nc23)c(C)c1. The monoisotopic (exact) mass is 375 g/mol. The molecule has 0 saturated carbocycles. The lowest BCUT2D eigenvalue weighted by Gasteiger charge is -2.17. The van der Waals surface area contributed by atoms with Crippen molar-refractivity contribution < 1.29 is 9.53 Å². The van der Waals surface area contributed by atoms with Gasteiger partial charge in [0.1, 0.15) is 17.1 Å². The van der Waals surface area contributed by atoms with Crippen LogP contribution in [0.1, 0.15) is 24.0 Å². The molecule has 0 atom stereocenters. The maximum Gasteiger partial charge on any atom is 0.262 e. The fraction of sp³-hybridized carbons (Fsp3) is 0.304. The molecule has 0 radical (unpaired) electrons. The molecule has 5 nitrogen and oxygen atoms in total. The van der Waals surface area contributed by atoms with Gasteiger partial charge in [0.15, 0.2) is 6.61 Å². The fourth-order valence-electron chi connectivity index (χ4n) is 3.63. The Kier molecular flexibility index (Phi) is 5.15. The number of ether oxygens (including phenoxy) is 1. The fourth-order valence-corrected chi connectivity index (χ4v) is 3.63. The molecular formula is C23H25N3O2. The van der Waals surface area contributed by atoms with Gasteiger partial charge in [-0.3, -0.25) is 4.79 Å². The molecule has 28 heavy (non-hydrogen) atoms. The largest absolute Gasteiger partial charge is 0.481 e. The third-order valence-corrected chi connectivity index (χ3v) is 5.11. The van der Waals surface area contributed by atoms with Crippen molar-refractivity contribution in [2.75, 3.05) is 29.9 Å². The van der Waals surface area contributed by atoms with Crippen LogP contribution in [0.15, 0.2) is 48.5 Å². The van der Waals surface area contributed by atoms with Crippen LogP contribution in [0.2, 0.25) is 0 Å². The number of nitrogens with zero attached hydrogens (tertiary/aromatic N) is 2. The quantitative estimate of drug-likeness (QED) is 0.715. The lowest BCUT2D eigenvalue weighted by Crippen LogP contribution is -2.21. The Morgan fingerprint density at radius 3 is 2.71 bits per heavy atom. The summed E-state index contributed by atoms with van der Waals surface area (Å²) in [4.78, 5) is 19.5. The smallest absolute Gasteiger partial charge is 0.262 e. The molecule has 0 aliphatic carbocycles. The summed E-state index contributed by atoms with van der Waals surface area (Å²) < 4.78 is 5.84. The van der Waals surface area contributed by atoms with Gasteiger partial charge in [-0.1, -0.05) is 29.8 Å². The van der Waals surface area contributed by atoms with Crippen molar-refractivity contribution in [1.29, 1.82) is 0 Å². The van der Waals surface area contributed by atoms with Gasteiger partial charge in [-0.25, -0.2) is 4.98 Å². The summed E-state index contributed by atoms with van der Waals surface area (Å²) in [7, 11) is 0. The van der Waals surface area contributed by atoms with Gasteiger partial charge in [0.05, 0.1) is 0 Å². The lowest BCUT2D eigenvalue weighted by atomic mass is 10.1. The molecule has 1 aliphatic heterocycles. The third-order valence-electron chi connectivity index (χ3n) is 5.11. The molecule has 1 amide bonds. The molecule has 2 aromatic carbocycles. The summed E-state index contributed by atoms with van der Waals surface area (Å²) in [6.07, 6.45) is 2.41. The highest BCUT2D eigenvalue weighted by Crippen LogP contribution is 2.28. The zero-order chi connectivity index (χ0) is 19.5. The van der Waals surface area contributed by atoms with E-state index in [1.165, 1.54) is 18.4 Å². The number of rotatable bonds is 5. The van der Waals surface area contributed by atoms with Gasteiger partial charge >= 0.3 is 0 Å². The molecule has 4 rings (SSSR count). The van der Waals surface area contributed by atoms with Crippen molar-refractivity contribution in [3.8, 4) is 5.75 Å². The summed E-state index contributed by atoms with van der Waals surface area (Å²) in [5.74, 6) is 1.43. The standard InChI is InChI=1S/C23H25N3O2/c1-16-8-10-19(17(2)14-16)24-22(27)15-28-20-7-5-6-18-9-11-21(25-23(18)20)26-12-3-4-13-26/h5-11,14H,3-4,12-13,15H2,1-2H3,(H,24,27). The summed E-state index contributed by atoms with van der Waals surface area (Å²) in [6, 6.07) is 15.9. The average molecular weight is 375 g/mol. The lowest BCUT2D eigenvalue weighted by molar-refractivity contribution is -0.118. The number of aryl methyl sites for hydroxylation is 2. The third kappa shape index (κ3) is 3.93. The van der Waals surface area contributed by atoms with Crippen LogP contribution in [0.3, 0.4) is 0 Å². The van der Waals surface area contributed by atoms with Gasteiger partial charge in [-0.2, -0.15) is 0 Å². The molecule has 1 aliphatic rings. The van der Waals surface area contributed by atoms with E-state index in [0.29, 0.717) is 5.75 Å². The van der Waals surface area contributed by atoms with Crippen LogP contribution < -0.4 is 15.0 Å². The Bertz CT molecular complexity index is 1010. The summed E-state index contributed by atoms with van der Waals surface area (Å²) in [5.41, 5.74) is 3.82. The van der Waals surface area contributed by atoms with Gasteiger partial charge in [0.25, 0.3) is 5.91 Å². The predicted molar refractivity (Wildman–Crippen MR) is 113 cm³/mol. The Balaban J connectivity index is 1.49. The van der Waals surface area contributed by atoms with E-state index in [1.54, 1.807) is 0 Å².